The van der Waals surface area contributed by atoms with Crippen molar-refractivity contribution < 1.29 is 14.1 Å². The van der Waals surface area contributed by atoms with Crippen molar-refractivity contribution in [3.05, 3.63) is 36.1 Å². The fourth-order valence-electron chi connectivity index (χ4n) is 3.30. The third kappa shape index (κ3) is 4.43. The largest absolute Gasteiger partial charge is 0.497 e. The van der Waals surface area contributed by atoms with Crippen LogP contribution in [0, 0.1) is 5.92 Å². The highest BCUT2D eigenvalue weighted by atomic mass is 16.5. The van der Waals surface area contributed by atoms with Crippen molar-refractivity contribution in [3.63, 3.8) is 0 Å². The lowest BCUT2D eigenvalue weighted by Gasteiger charge is -2.31. The molecule has 2 heterocycles. The normalized spacial score (nSPS) is 15.5. The Balaban J connectivity index is 1.58. The summed E-state index contributed by atoms with van der Waals surface area (Å²) >= 11 is 0. The second-order valence-electron chi connectivity index (χ2n) is 7.13. The quantitative estimate of drug-likeness (QED) is 0.795. The fraction of sp³-hybridized carbons (Fsp3) is 0.500. The van der Waals surface area contributed by atoms with Gasteiger partial charge in [-0.15, -0.1) is 0 Å². The molecule has 140 valence electrons. The summed E-state index contributed by atoms with van der Waals surface area (Å²) in [6.07, 6.45) is 3.30. The van der Waals surface area contributed by atoms with Crippen molar-refractivity contribution in [3.8, 4) is 17.0 Å². The lowest BCUT2D eigenvalue weighted by atomic mass is 9.93. The Morgan fingerprint density at radius 3 is 2.58 bits per heavy atom. The number of benzene rings is 1. The maximum atomic E-state index is 12.7. The molecule has 3 rings (SSSR count). The summed E-state index contributed by atoms with van der Waals surface area (Å²) in [6.45, 7) is 2.68. The van der Waals surface area contributed by atoms with Gasteiger partial charge in [0.2, 0.25) is 5.76 Å². The Kier molecular flexibility index (Phi) is 5.93. The van der Waals surface area contributed by atoms with E-state index in [0.29, 0.717) is 17.4 Å². The van der Waals surface area contributed by atoms with E-state index < -0.39 is 0 Å². The molecule has 1 saturated heterocycles. The van der Waals surface area contributed by atoms with Gasteiger partial charge in [-0.3, -0.25) is 4.79 Å². The first-order valence-corrected chi connectivity index (χ1v) is 9.12. The standard InChI is InChI=1S/C20H27N3O3/c1-22(2)11-8-15-9-12-23(13-10-15)20(24)19-14-18(21-26-19)16-4-6-17(25-3)7-5-16/h4-7,14-15H,8-13H2,1-3H3. The van der Waals surface area contributed by atoms with Gasteiger partial charge in [-0.25, -0.2) is 0 Å². The van der Waals surface area contributed by atoms with Crippen LogP contribution in [0.25, 0.3) is 11.3 Å². The van der Waals surface area contributed by atoms with E-state index in [0.717, 1.165) is 43.8 Å². The summed E-state index contributed by atoms with van der Waals surface area (Å²) in [5.41, 5.74) is 1.56. The molecule has 0 N–H and O–H groups in total. The average molecular weight is 357 g/mol. The van der Waals surface area contributed by atoms with Crippen LogP contribution in [0.2, 0.25) is 0 Å². The minimum Gasteiger partial charge on any atom is -0.497 e. The minimum absolute atomic E-state index is 0.0664. The number of nitrogens with zero attached hydrogens (tertiary/aromatic N) is 3. The number of rotatable bonds is 6. The van der Waals surface area contributed by atoms with Gasteiger partial charge in [-0.05, 0) is 70.1 Å². The maximum Gasteiger partial charge on any atom is 0.292 e. The van der Waals surface area contributed by atoms with Gasteiger partial charge in [0, 0.05) is 24.7 Å². The second kappa shape index (κ2) is 8.36. The molecule has 6 nitrogen and oxygen atoms in total. The van der Waals surface area contributed by atoms with Crippen LogP contribution < -0.4 is 4.74 Å². The number of ether oxygens (including phenoxy) is 1. The van der Waals surface area contributed by atoms with Crippen molar-refractivity contribution in [2.75, 3.05) is 40.8 Å². The van der Waals surface area contributed by atoms with Crippen LogP contribution >= 0.6 is 0 Å². The van der Waals surface area contributed by atoms with Crippen LogP contribution in [0.1, 0.15) is 29.8 Å². The third-order valence-corrected chi connectivity index (χ3v) is 4.99. The monoisotopic (exact) mass is 357 g/mol. The van der Waals surface area contributed by atoms with Gasteiger partial charge in [0.1, 0.15) is 11.4 Å². The SMILES string of the molecule is COc1ccc(-c2cc(C(=O)N3CCC(CCN(C)C)CC3)on2)cc1. The molecule has 0 bridgehead atoms. The lowest BCUT2D eigenvalue weighted by molar-refractivity contribution is 0.0642. The molecule has 1 amide bonds. The van der Waals surface area contributed by atoms with Crippen molar-refractivity contribution >= 4 is 5.91 Å². The van der Waals surface area contributed by atoms with Crippen LogP contribution in [0.4, 0.5) is 0 Å². The highest BCUT2D eigenvalue weighted by Crippen LogP contribution is 2.25. The number of amides is 1. The van der Waals surface area contributed by atoms with E-state index in [-0.39, 0.29) is 5.91 Å². The fourth-order valence-corrected chi connectivity index (χ4v) is 3.30. The summed E-state index contributed by atoms with van der Waals surface area (Å²) in [5.74, 6) is 1.72. The highest BCUT2D eigenvalue weighted by molar-refractivity contribution is 5.92. The van der Waals surface area contributed by atoms with Crippen molar-refractivity contribution in [1.82, 2.24) is 15.0 Å². The number of hydrogen-bond acceptors (Lipinski definition) is 5. The van der Waals surface area contributed by atoms with E-state index in [4.69, 9.17) is 9.26 Å². The smallest absolute Gasteiger partial charge is 0.292 e. The molecule has 0 saturated carbocycles. The molecule has 0 radical (unpaired) electrons. The highest BCUT2D eigenvalue weighted by Gasteiger charge is 2.26. The van der Waals surface area contributed by atoms with E-state index in [2.05, 4.69) is 24.2 Å². The Hall–Kier alpha value is -2.34. The Morgan fingerprint density at radius 1 is 1.27 bits per heavy atom. The Bertz CT molecular complexity index is 716. The van der Waals surface area contributed by atoms with Gasteiger partial charge in [-0.2, -0.15) is 0 Å². The zero-order chi connectivity index (χ0) is 18.5. The molecule has 6 heteroatoms. The van der Waals surface area contributed by atoms with E-state index in [1.807, 2.05) is 29.2 Å². The summed E-state index contributed by atoms with van der Waals surface area (Å²) in [7, 11) is 5.83. The molecule has 2 aromatic rings. The van der Waals surface area contributed by atoms with E-state index in [1.54, 1.807) is 13.2 Å². The van der Waals surface area contributed by atoms with Gasteiger partial charge in [0.25, 0.3) is 5.91 Å². The van der Waals surface area contributed by atoms with Gasteiger partial charge in [-0.1, -0.05) is 5.16 Å². The van der Waals surface area contributed by atoms with Crippen LogP contribution in [-0.2, 0) is 0 Å². The first kappa shape index (κ1) is 18.5. The average Bonchev–Trinajstić information content (AvgIpc) is 3.16. The molecule has 1 aromatic carbocycles. The van der Waals surface area contributed by atoms with Crippen LogP contribution in [0.3, 0.4) is 0 Å². The molecule has 0 atom stereocenters. The third-order valence-electron chi connectivity index (χ3n) is 4.99. The molecular formula is C20H27N3O3. The number of carbonyl (C=O) groups is 1. The Labute approximate surface area is 154 Å². The maximum absolute atomic E-state index is 12.7. The number of carbonyl (C=O) groups excluding carboxylic acids is 1. The van der Waals surface area contributed by atoms with Crippen LogP contribution in [0.5, 0.6) is 5.75 Å². The first-order valence-electron chi connectivity index (χ1n) is 9.12. The number of aromatic nitrogens is 1. The number of methoxy groups -OCH3 is 1. The van der Waals surface area contributed by atoms with E-state index >= 15 is 0 Å². The van der Waals surface area contributed by atoms with Gasteiger partial charge >= 0.3 is 0 Å². The molecule has 1 fully saturated rings. The number of hydrogen-bond donors (Lipinski definition) is 0. The van der Waals surface area contributed by atoms with Gasteiger partial charge in [0.15, 0.2) is 0 Å². The number of piperidine rings is 1. The predicted molar refractivity (Wildman–Crippen MR) is 100 cm³/mol. The van der Waals surface area contributed by atoms with E-state index in [1.165, 1.54) is 6.42 Å². The minimum atomic E-state index is -0.0664. The van der Waals surface area contributed by atoms with Crippen molar-refractivity contribution in [1.29, 1.82) is 0 Å². The summed E-state index contributed by atoms with van der Waals surface area (Å²) < 4.78 is 10.5. The zero-order valence-corrected chi connectivity index (χ0v) is 15.8. The molecule has 0 spiro atoms. The molecule has 1 aliphatic rings. The summed E-state index contributed by atoms with van der Waals surface area (Å²) in [6, 6.07) is 9.26. The first-order chi connectivity index (χ1) is 12.6. The second-order valence-corrected chi connectivity index (χ2v) is 7.13. The molecule has 1 aliphatic heterocycles. The zero-order valence-electron chi connectivity index (χ0n) is 15.8. The number of likely N-dealkylation sites (tertiary alicyclic amines) is 1. The van der Waals surface area contributed by atoms with Crippen molar-refractivity contribution in [2.45, 2.75) is 19.3 Å². The predicted octanol–water partition coefficient (Wildman–Crippen LogP) is 3.15. The van der Waals surface area contributed by atoms with Gasteiger partial charge in [0.05, 0.1) is 7.11 Å². The van der Waals surface area contributed by atoms with Crippen LogP contribution in [0.15, 0.2) is 34.9 Å². The molecule has 0 aliphatic carbocycles. The van der Waals surface area contributed by atoms with Gasteiger partial charge < -0.3 is 19.1 Å². The molecule has 1 aromatic heterocycles. The Morgan fingerprint density at radius 2 is 1.96 bits per heavy atom. The summed E-state index contributed by atoms with van der Waals surface area (Å²) in [5, 5.41) is 4.05. The molecular weight excluding hydrogens is 330 g/mol. The van der Waals surface area contributed by atoms with Crippen LogP contribution in [-0.4, -0.2) is 61.7 Å². The summed E-state index contributed by atoms with van der Waals surface area (Å²) in [4.78, 5) is 16.8. The van der Waals surface area contributed by atoms with E-state index in [9.17, 15) is 4.79 Å². The molecule has 0 unspecified atom stereocenters. The topological polar surface area (TPSA) is 58.8 Å². The molecule has 26 heavy (non-hydrogen) atoms. The lowest BCUT2D eigenvalue weighted by Crippen LogP contribution is -2.38. The van der Waals surface area contributed by atoms with Crippen molar-refractivity contribution in [2.24, 2.45) is 5.92 Å².